The Kier molecular flexibility index (Phi) is 4.84. The molecule has 19 heavy (non-hydrogen) atoms. The molecule has 1 aliphatic rings. The van der Waals surface area contributed by atoms with Crippen LogP contribution in [0.1, 0.15) is 0 Å². The standard InChI is InChI=1S/C9H9BrClNO4S3/c10-8-5(11)3-7(18-8)19(15,16)12-1-2-17-4-6(12)9(13)14/h3,6H,1-2,4H2,(H,13,14). The lowest BCUT2D eigenvalue weighted by Gasteiger charge is -2.30. The molecule has 0 aliphatic carbocycles. The molecular formula is C9H9BrClNO4S3. The summed E-state index contributed by atoms with van der Waals surface area (Å²) in [6.07, 6.45) is 0. The van der Waals surface area contributed by atoms with Gasteiger partial charge in [0.15, 0.2) is 0 Å². The van der Waals surface area contributed by atoms with Gasteiger partial charge in [-0.05, 0) is 22.0 Å². The predicted octanol–water partition coefficient (Wildman–Crippen LogP) is 2.35. The number of hydrogen-bond acceptors (Lipinski definition) is 5. The number of sulfonamides is 1. The number of carbonyl (C=O) groups is 1. The molecule has 1 aliphatic heterocycles. The van der Waals surface area contributed by atoms with Gasteiger partial charge in [0.2, 0.25) is 0 Å². The highest BCUT2D eigenvalue weighted by molar-refractivity contribution is 9.11. The number of nitrogens with zero attached hydrogens (tertiary/aromatic N) is 1. The quantitative estimate of drug-likeness (QED) is 0.834. The van der Waals surface area contributed by atoms with E-state index in [0.717, 1.165) is 15.6 Å². The van der Waals surface area contributed by atoms with Crippen molar-refractivity contribution in [2.45, 2.75) is 10.3 Å². The average molecular weight is 407 g/mol. The first-order valence-corrected chi connectivity index (χ1v) is 9.69. The lowest BCUT2D eigenvalue weighted by molar-refractivity contribution is -0.140. The van der Waals surface area contributed by atoms with Crippen LogP contribution in [-0.2, 0) is 14.8 Å². The molecule has 0 amide bonds. The number of halogens is 2. The molecule has 1 unspecified atom stereocenters. The molecule has 5 nitrogen and oxygen atoms in total. The van der Waals surface area contributed by atoms with Crippen molar-refractivity contribution < 1.29 is 18.3 Å². The number of carboxylic acid groups (broad SMARTS) is 1. The normalized spacial score (nSPS) is 21.5. The van der Waals surface area contributed by atoms with E-state index < -0.39 is 22.0 Å². The number of hydrogen-bond donors (Lipinski definition) is 1. The van der Waals surface area contributed by atoms with E-state index in [1.54, 1.807) is 0 Å². The number of aliphatic carboxylic acids is 1. The van der Waals surface area contributed by atoms with Crippen LogP contribution >= 0.6 is 50.6 Å². The van der Waals surface area contributed by atoms with Crippen LogP contribution in [0.25, 0.3) is 0 Å². The molecule has 1 aromatic heterocycles. The highest BCUT2D eigenvalue weighted by Crippen LogP contribution is 2.37. The Morgan fingerprint density at radius 2 is 2.26 bits per heavy atom. The maximum atomic E-state index is 12.5. The van der Waals surface area contributed by atoms with Crippen molar-refractivity contribution in [3.8, 4) is 0 Å². The topological polar surface area (TPSA) is 74.7 Å². The predicted molar refractivity (Wildman–Crippen MR) is 79.7 cm³/mol. The van der Waals surface area contributed by atoms with Gasteiger partial charge in [0.25, 0.3) is 10.0 Å². The summed E-state index contributed by atoms with van der Waals surface area (Å²) in [4.78, 5) is 11.2. The maximum absolute atomic E-state index is 12.5. The van der Waals surface area contributed by atoms with Crippen LogP contribution in [0.5, 0.6) is 0 Å². The summed E-state index contributed by atoms with van der Waals surface area (Å²) >= 11 is 11.4. The SMILES string of the molecule is O=C(O)C1CSCCN1S(=O)(=O)c1cc(Cl)c(Br)s1. The fourth-order valence-electron chi connectivity index (χ4n) is 1.64. The Balaban J connectivity index is 2.39. The van der Waals surface area contributed by atoms with E-state index in [1.807, 2.05) is 0 Å². The van der Waals surface area contributed by atoms with Gasteiger partial charge in [-0.25, -0.2) is 8.42 Å². The molecular weight excluding hydrogens is 398 g/mol. The Bertz CT molecular complexity index is 583. The van der Waals surface area contributed by atoms with Crippen LogP contribution in [0.15, 0.2) is 14.1 Å². The van der Waals surface area contributed by atoms with Crippen LogP contribution in [0.4, 0.5) is 0 Å². The van der Waals surface area contributed by atoms with Crippen LogP contribution in [0, 0.1) is 0 Å². The van der Waals surface area contributed by atoms with E-state index in [0.29, 0.717) is 14.6 Å². The van der Waals surface area contributed by atoms with Gasteiger partial charge in [-0.15, -0.1) is 11.3 Å². The van der Waals surface area contributed by atoms with Gasteiger partial charge in [0, 0.05) is 18.1 Å². The third-order valence-corrected chi connectivity index (χ3v) is 8.40. The summed E-state index contributed by atoms with van der Waals surface area (Å²) in [7, 11) is -3.81. The zero-order valence-electron chi connectivity index (χ0n) is 9.38. The van der Waals surface area contributed by atoms with Crippen LogP contribution in [0.3, 0.4) is 0 Å². The van der Waals surface area contributed by atoms with Gasteiger partial charge in [-0.1, -0.05) is 11.6 Å². The Hall–Kier alpha value is 0.200. The first-order valence-electron chi connectivity index (χ1n) is 5.11. The molecule has 2 rings (SSSR count). The average Bonchev–Trinajstić information content (AvgIpc) is 2.70. The number of carboxylic acids is 1. The van der Waals surface area contributed by atoms with Gasteiger partial charge in [-0.3, -0.25) is 4.79 Å². The van der Waals surface area contributed by atoms with Crippen LogP contribution in [-0.4, -0.2) is 47.9 Å². The van der Waals surface area contributed by atoms with Gasteiger partial charge in [0.1, 0.15) is 10.3 Å². The minimum absolute atomic E-state index is 0.0579. The van der Waals surface area contributed by atoms with E-state index in [-0.39, 0.29) is 16.5 Å². The minimum Gasteiger partial charge on any atom is -0.480 e. The summed E-state index contributed by atoms with van der Waals surface area (Å²) in [6, 6.07) is 0.315. The number of thiophene rings is 1. The monoisotopic (exact) mass is 405 g/mol. The maximum Gasteiger partial charge on any atom is 0.322 e. The zero-order chi connectivity index (χ0) is 14.2. The van der Waals surface area contributed by atoms with Gasteiger partial charge < -0.3 is 5.11 Å². The van der Waals surface area contributed by atoms with Crippen molar-refractivity contribution in [1.29, 1.82) is 0 Å². The fraction of sp³-hybridized carbons (Fsp3) is 0.444. The largest absolute Gasteiger partial charge is 0.480 e. The van der Waals surface area contributed by atoms with E-state index in [9.17, 15) is 13.2 Å². The van der Waals surface area contributed by atoms with E-state index in [1.165, 1.54) is 17.8 Å². The second-order valence-corrected chi connectivity index (χ2v) is 9.78. The lowest BCUT2D eigenvalue weighted by Crippen LogP contribution is -2.49. The van der Waals surface area contributed by atoms with Gasteiger partial charge in [-0.2, -0.15) is 16.1 Å². The van der Waals surface area contributed by atoms with E-state index in [2.05, 4.69) is 15.9 Å². The summed E-state index contributed by atoms with van der Waals surface area (Å²) in [5.74, 6) is -0.282. The first kappa shape index (κ1) is 15.6. The van der Waals surface area contributed by atoms with Crippen molar-refractivity contribution in [2.24, 2.45) is 0 Å². The molecule has 1 N–H and O–H groups in total. The van der Waals surface area contributed by atoms with Crippen LogP contribution in [0.2, 0.25) is 5.02 Å². The smallest absolute Gasteiger partial charge is 0.322 e. The molecule has 106 valence electrons. The summed E-state index contributed by atoms with van der Waals surface area (Å²) in [5.41, 5.74) is 0. The molecule has 0 spiro atoms. The Labute approximate surface area is 132 Å². The van der Waals surface area contributed by atoms with E-state index >= 15 is 0 Å². The molecule has 1 saturated heterocycles. The molecule has 0 aromatic carbocycles. The first-order chi connectivity index (χ1) is 8.84. The summed E-state index contributed by atoms with van der Waals surface area (Å²) < 4.78 is 26.5. The van der Waals surface area contributed by atoms with Crippen molar-refractivity contribution in [1.82, 2.24) is 4.31 Å². The van der Waals surface area contributed by atoms with Crippen molar-refractivity contribution in [3.05, 3.63) is 14.9 Å². The minimum atomic E-state index is -3.81. The molecule has 1 fully saturated rings. The highest BCUT2D eigenvalue weighted by atomic mass is 79.9. The number of rotatable bonds is 3. The van der Waals surface area contributed by atoms with Crippen molar-refractivity contribution >= 4 is 66.6 Å². The van der Waals surface area contributed by atoms with Crippen molar-refractivity contribution in [2.75, 3.05) is 18.1 Å². The molecule has 0 radical (unpaired) electrons. The Morgan fingerprint density at radius 1 is 1.58 bits per heavy atom. The van der Waals surface area contributed by atoms with E-state index in [4.69, 9.17) is 16.7 Å². The lowest BCUT2D eigenvalue weighted by atomic mass is 10.3. The third kappa shape index (κ3) is 3.11. The van der Waals surface area contributed by atoms with Crippen molar-refractivity contribution in [3.63, 3.8) is 0 Å². The highest BCUT2D eigenvalue weighted by Gasteiger charge is 2.39. The Morgan fingerprint density at radius 3 is 2.79 bits per heavy atom. The molecule has 0 saturated carbocycles. The molecule has 10 heteroatoms. The zero-order valence-corrected chi connectivity index (χ0v) is 14.2. The second kappa shape index (κ2) is 5.90. The molecule has 2 heterocycles. The second-order valence-electron chi connectivity index (χ2n) is 3.73. The fourth-order valence-corrected chi connectivity index (χ4v) is 7.00. The molecule has 0 bridgehead atoms. The van der Waals surface area contributed by atoms with Gasteiger partial charge >= 0.3 is 5.97 Å². The van der Waals surface area contributed by atoms with Crippen LogP contribution < -0.4 is 0 Å². The summed E-state index contributed by atoms with van der Waals surface area (Å²) in [5, 5.41) is 9.43. The summed E-state index contributed by atoms with van der Waals surface area (Å²) in [6.45, 7) is 0.192. The number of thioether (sulfide) groups is 1. The van der Waals surface area contributed by atoms with Gasteiger partial charge in [0.05, 0.1) is 8.81 Å². The molecule has 1 aromatic rings. The molecule has 1 atom stereocenters. The third-order valence-electron chi connectivity index (χ3n) is 2.55.